The van der Waals surface area contributed by atoms with Crippen molar-refractivity contribution >= 4 is 22.4 Å². The summed E-state index contributed by atoms with van der Waals surface area (Å²) in [5, 5.41) is 15.9. The number of alkyl halides is 3. The van der Waals surface area contributed by atoms with Gasteiger partial charge in [-0.15, -0.1) is 5.10 Å². The van der Waals surface area contributed by atoms with Crippen LogP contribution in [0.1, 0.15) is 42.6 Å². The van der Waals surface area contributed by atoms with Crippen molar-refractivity contribution in [1.29, 1.82) is 0 Å². The molecule has 1 saturated heterocycles. The van der Waals surface area contributed by atoms with Gasteiger partial charge < -0.3 is 15.5 Å². The second kappa shape index (κ2) is 8.90. The summed E-state index contributed by atoms with van der Waals surface area (Å²) in [6.07, 6.45) is -0.415. The van der Waals surface area contributed by atoms with Crippen LogP contribution in [0.2, 0.25) is 0 Å². The van der Waals surface area contributed by atoms with Gasteiger partial charge >= 0.3 is 6.18 Å². The summed E-state index contributed by atoms with van der Waals surface area (Å²) in [5.41, 5.74) is 2.30. The van der Waals surface area contributed by atoms with Gasteiger partial charge in [0.15, 0.2) is 5.82 Å². The molecule has 1 aliphatic rings. The minimum atomic E-state index is -4.38. The zero-order valence-corrected chi connectivity index (χ0v) is 18.4. The molecule has 9 heteroatoms. The third kappa shape index (κ3) is 4.62. The fourth-order valence-corrected chi connectivity index (χ4v) is 4.13. The lowest BCUT2D eigenvalue weighted by Crippen LogP contribution is -2.41. The molecule has 1 aromatic carbocycles. The molecule has 3 heterocycles. The van der Waals surface area contributed by atoms with Crippen LogP contribution in [-0.4, -0.2) is 41.4 Å². The number of nitrogens with zero attached hydrogens (tertiary/aromatic N) is 4. The van der Waals surface area contributed by atoms with Crippen molar-refractivity contribution in [2.24, 2.45) is 0 Å². The zero-order valence-electron chi connectivity index (χ0n) is 18.4. The number of hydrogen-bond acceptors (Lipinski definition) is 6. The van der Waals surface area contributed by atoms with E-state index in [1.807, 2.05) is 33.2 Å². The molecule has 3 aromatic rings. The summed E-state index contributed by atoms with van der Waals surface area (Å²) in [7, 11) is 1.99. The molecular weight excluding hydrogens is 417 g/mol. The monoisotopic (exact) mass is 444 g/mol. The van der Waals surface area contributed by atoms with Gasteiger partial charge in [0, 0.05) is 24.5 Å². The molecule has 170 valence electrons. The van der Waals surface area contributed by atoms with E-state index < -0.39 is 17.8 Å². The number of piperidine rings is 1. The highest BCUT2D eigenvalue weighted by atomic mass is 19.4. The van der Waals surface area contributed by atoms with Gasteiger partial charge in [0.05, 0.1) is 34.7 Å². The highest BCUT2D eigenvalue weighted by Crippen LogP contribution is 2.33. The third-order valence-corrected chi connectivity index (χ3v) is 6.11. The fourth-order valence-electron chi connectivity index (χ4n) is 4.13. The molecule has 1 fully saturated rings. The summed E-state index contributed by atoms with van der Waals surface area (Å²) < 4.78 is 39.4. The molecule has 0 amide bonds. The first kappa shape index (κ1) is 22.3. The predicted octanol–water partition coefficient (Wildman–Crippen LogP) is 4.71. The lowest BCUT2D eigenvalue weighted by atomic mass is 10.0. The number of halogens is 3. The van der Waals surface area contributed by atoms with Crippen molar-refractivity contribution in [3.63, 3.8) is 0 Å². The van der Waals surface area contributed by atoms with Crippen molar-refractivity contribution in [2.75, 3.05) is 30.4 Å². The second-order valence-corrected chi connectivity index (χ2v) is 8.26. The molecule has 0 bridgehead atoms. The van der Waals surface area contributed by atoms with Crippen LogP contribution in [0.4, 0.5) is 24.7 Å². The standard InChI is InChI=1S/C23H27F3N6/c1-14(16-5-4-6-17(11-16)23(24,25)26)29-22-20-12-19(13-28-21(20)15(2)30-31-22)32-9-7-18(27-3)8-10-32/h4-6,11-14,18,27H,7-10H2,1-3H3,(H,29,31). The maximum Gasteiger partial charge on any atom is 0.416 e. The Hall–Kier alpha value is -2.94. The average molecular weight is 445 g/mol. The van der Waals surface area contributed by atoms with Crippen LogP contribution >= 0.6 is 0 Å². The summed E-state index contributed by atoms with van der Waals surface area (Å²) in [5.74, 6) is 0.509. The first-order valence-electron chi connectivity index (χ1n) is 10.7. The number of rotatable bonds is 5. The molecular formula is C23H27F3N6. The van der Waals surface area contributed by atoms with Crippen molar-refractivity contribution < 1.29 is 13.2 Å². The highest BCUT2D eigenvalue weighted by Gasteiger charge is 2.30. The molecule has 1 unspecified atom stereocenters. The third-order valence-electron chi connectivity index (χ3n) is 6.11. The maximum atomic E-state index is 13.1. The summed E-state index contributed by atoms with van der Waals surface area (Å²) in [6.45, 7) is 5.52. The van der Waals surface area contributed by atoms with E-state index in [0.29, 0.717) is 23.1 Å². The molecule has 0 saturated carbocycles. The SMILES string of the molecule is CNC1CCN(c2cnc3c(C)nnc(NC(C)c4cccc(C(F)(F)F)c4)c3c2)CC1. The second-order valence-electron chi connectivity index (χ2n) is 8.26. The Morgan fingerprint density at radius 3 is 2.56 bits per heavy atom. The van der Waals surface area contributed by atoms with Gasteiger partial charge in [-0.1, -0.05) is 12.1 Å². The molecule has 1 atom stereocenters. The van der Waals surface area contributed by atoms with Crippen LogP contribution in [0.5, 0.6) is 0 Å². The molecule has 1 aliphatic heterocycles. The van der Waals surface area contributed by atoms with Crippen LogP contribution in [0.25, 0.3) is 10.9 Å². The Balaban J connectivity index is 1.63. The number of benzene rings is 1. The van der Waals surface area contributed by atoms with Crippen molar-refractivity contribution in [1.82, 2.24) is 20.5 Å². The Morgan fingerprint density at radius 2 is 1.88 bits per heavy atom. The first-order valence-corrected chi connectivity index (χ1v) is 10.7. The Kier molecular flexibility index (Phi) is 6.19. The molecule has 0 radical (unpaired) electrons. The van der Waals surface area contributed by atoms with Crippen molar-refractivity contribution in [3.05, 3.63) is 53.3 Å². The lowest BCUT2D eigenvalue weighted by Gasteiger charge is -2.33. The minimum Gasteiger partial charge on any atom is -0.370 e. The van der Waals surface area contributed by atoms with Gasteiger partial charge in [-0.25, -0.2) is 0 Å². The van der Waals surface area contributed by atoms with E-state index in [-0.39, 0.29) is 0 Å². The van der Waals surface area contributed by atoms with Crippen LogP contribution < -0.4 is 15.5 Å². The van der Waals surface area contributed by atoms with Crippen LogP contribution in [-0.2, 0) is 6.18 Å². The van der Waals surface area contributed by atoms with E-state index >= 15 is 0 Å². The Bertz CT molecular complexity index is 1090. The molecule has 2 N–H and O–H groups in total. The summed E-state index contributed by atoms with van der Waals surface area (Å²) >= 11 is 0. The number of aromatic nitrogens is 3. The molecule has 4 rings (SSSR count). The number of nitrogens with one attached hydrogen (secondary N) is 2. The molecule has 0 aliphatic carbocycles. The topological polar surface area (TPSA) is 66.0 Å². The van der Waals surface area contributed by atoms with Crippen molar-refractivity contribution in [3.8, 4) is 0 Å². The Morgan fingerprint density at radius 1 is 1.12 bits per heavy atom. The van der Waals surface area contributed by atoms with E-state index in [4.69, 9.17) is 0 Å². The van der Waals surface area contributed by atoms with Gasteiger partial charge in [0.1, 0.15) is 0 Å². The van der Waals surface area contributed by atoms with E-state index in [1.54, 1.807) is 6.07 Å². The van der Waals surface area contributed by atoms with Crippen LogP contribution in [0, 0.1) is 6.92 Å². The van der Waals surface area contributed by atoms with E-state index in [9.17, 15) is 13.2 Å². The summed E-state index contributed by atoms with van der Waals surface area (Å²) in [4.78, 5) is 6.94. The van der Waals surface area contributed by atoms with E-state index in [0.717, 1.165) is 54.7 Å². The normalized spacial score (nSPS) is 16.4. The summed E-state index contributed by atoms with van der Waals surface area (Å²) in [6, 6.07) is 7.51. The predicted molar refractivity (Wildman–Crippen MR) is 120 cm³/mol. The first-order chi connectivity index (χ1) is 15.3. The number of aryl methyl sites for hydroxylation is 1. The smallest absolute Gasteiger partial charge is 0.370 e. The average Bonchev–Trinajstić information content (AvgIpc) is 2.80. The molecule has 6 nitrogen and oxygen atoms in total. The van der Waals surface area contributed by atoms with E-state index in [2.05, 4.69) is 30.7 Å². The quantitative estimate of drug-likeness (QED) is 0.594. The largest absolute Gasteiger partial charge is 0.416 e. The van der Waals surface area contributed by atoms with Crippen LogP contribution in [0.15, 0.2) is 36.5 Å². The van der Waals surface area contributed by atoms with Gasteiger partial charge in [0.2, 0.25) is 0 Å². The fraction of sp³-hybridized carbons (Fsp3) is 0.435. The number of fused-ring (bicyclic) bond motifs is 1. The number of anilines is 2. The van der Waals surface area contributed by atoms with Gasteiger partial charge in [-0.05, 0) is 57.5 Å². The van der Waals surface area contributed by atoms with Gasteiger partial charge in [0.25, 0.3) is 0 Å². The number of hydrogen-bond donors (Lipinski definition) is 2. The van der Waals surface area contributed by atoms with Gasteiger partial charge in [-0.2, -0.15) is 18.3 Å². The zero-order chi connectivity index (χ0) is 22.9. The minimum absolute atomic E-state index is 0.396. The molecule has 2 aromatic heterocycles. The number of pyridine rings is 1. The van der Waals surface area contributed by atoms with E-state index in [1.165, 1.54) is 6.07 Å². The van der Waals surface area contributed by atoms with Crippen molar-refractivity contribution in [2.45, 2.75) is 44.9 Å². The molecule has 32 heavy (non-hydrogen) atoms. The maximum absolute atomic E-state index is 13.1. The highest BCUT2D eigenvalue weighted by molar-refractivity contribution is 5.92. The molecule has 0 spiro atoms. The lowest BCUT2D eigenvalue weighted by molar-refractivity contribution is -0.137. The van der Waals surface area contributed by atoms with Crippen LogP contribution in [0.3, 0.4) is 0 Å². The van der Waals surface area contributed by atoms with Gasteiger partial charge in [-0.3, -0.25) is 4.98 Å². The Labute approximate surface area is 185 Å².